The predicted molar refractivity (Wildman–Crippen MR) is 133 cm³/mol. The Morgan fingerprint density at radius 1 is 1.35 bits per heavy atom. The highest BCUT2D eigenvalue weighted by molar-refractivity contribution is 8.00. The summed E-state index contributed by atoms with van der Waals surface area (Å²) in [4.78, 5) is 61.0. The predicted octanol–water partition coefficient (Wildman–Crippen LogP) is 0.218. The van der Waals surface area contributed by atoms with Crippen LogP contribution in [0.3, 0.4) is 0 Å². The third-order valence-electron chi connectivity index (χ3n) is 5.25. The number of β-lactam (4-membered cyclic amide) rings is 1. The summed E-state index contributed by atoms with van der Waals surface area (Å²) in [5.41, 5.74) is 5.89. The number of carbonyl (C=O) groups excluding carboxylic acids is 3. The highest BCUT2D eigenvalue weighted by Crippen LogP contribution is 2.40. The summed E-state index contributed by atoms with van der Waals surface area (Å²) in [7, 11) is 4.41. The maximum atomic E-state index is 12.9. The van der Waals surface area contributed by atoms with Crippen molar-refractivity contribution >= 4 is 63.7 Å². The van der Waals surface area contributed by atoms with Gasteiger partial charge in [0.1, 0.15) is 29.9 Å². The number of rotatable bonds is 8. The monoisotopic (exact) mass is 547 g/mol. The number of nitrogens with one attached hydrogen (secondary N) is 1. The highest BCUT2D eigenvalue weighted by Gasteiger charge is 2.54. The first kappa shape index (κ1) is 25.9. The van der Waals surface area contributed by atoms with Gasteiger partial charge in [-0.05, 0) is 11.6 Å². The molecule has 0 spiro atoms. The minimum absolute atomic E-state index is 0.100. The average molecular weight is 548 g/mol. The number of thiazole rings is 1. The van der Waals surface area contributed by atoms with Crippen LogP contribution in [0, 0.1) is 0 Å². The van der Waals surface area contributed by atoms with E-state index < -0.39 is 29.2 Å². The van der Waals surface area contributed by atoms with Gasteiger partial charge < -0.3 is 30.4 Å². The molecule has 4 heterocycles. The summed E-state index contributed by atoms with van der Waals surface area (Å²) in [6.45, 7) is 0. The Labute approximate surface area is 217 Å². The number of nitrogen functional groups attached to an aromatic ring is 1. The second kappa shape index (κ2) is 10.4. The number of hydrogen-bond donors (Lipinski definition) is 3. The van der Waals surface area contributed by atoms with Crippen molar-refractivity contribution < 1.29 is 33.6 Å². The van der Waals surface area contributed by atoms with Gasteiger partial charge in [-0.3, -0.25) is 19.3 Å². The number of allylic oxidation sites excluding steroid dienone is 1. The van der Waals surface area contributed by atoms with Gasteiger partial charge in [0.15, 0.2) is 22.3 Å². The number of amides is 3. The molecule has 2 aliphatic heterocycles. The lowest BCUT2D eigenvalue weighted by atomic mass is 10.0. The summed E-state index contributed by atoms with van der Waals surface area (Å²) >= 11 is 2.38. The van der Waals surface area contributed by atoms with E-state index in [1.807, 2.05) is 0 Å². The van der Waals surface area contributed by atoms with Crippen LogP contribution in [0.15, 0.2) is 38.5 Å². The maximum absolute atomic E-state index is 12.9. The van der Waals surface area contributed by atoms with E-state index >= 15 is 0 Å². The summed E-state index contributed by atoms with van der Waals surface area (Å²) < 4.78 is 5.12. The van der Waals surface area contributed by atoms with Crippen LogP contribution in [0.2, 0.25) is 0 Å². The second-order valence-electron chi connectivity index (χ2n) is 7.88. The van der Waals surface area contributed by atoms with Gasteiger partial charge in [0, 0.05) is 31.3 Å². The van der Waals surface area contributed by atoms with Gasteiger partial charge in [-0.1, -0.05) is 16.4 Å². The molecule has 2 atom stereocenters. The molecule has 16 heteroatoms. The third-order valence-corrected chi connectivity index (χ3v) is 7.23. The van der Waals surface area contributed by atoms with Gasteiger partial charge in [-0.25, -0.2) is 9.78 Å². The standard InChI is InChI=1S/C21H21N7O7S2/c1-27(2)17(30)11-6-10(35-25-11)5-4-9-7-36-19-14(18(31)28(19)15(9)20(32)33)24-16(29)13(26-34-3)12-8-37-21(22)23-12/h4-6,8,14,19H,7H2,1-3H3,(H2,22,23)(H,24,29)(H,32,33)/b5-4-,26-13-/t14-,19-/m1/s1. The minimum Gasteiger partial charge on any atom is -0.477 e. The summed E-state index contributed by atoms with van der Waals surface area (Å²) in [6.07, 6.45) is 2.96. The van der Waals surface area contributed by atoms with Crippen molar-refractivity contribution in [1.29, 1.82) is 0 Å². The smallest absolute Gasteiger partial charge is 0.352 e. The number of anilines is 1. The molecule has 3 amide bonds. The van der Waals surface area contributed by atoms with E-state index in [2.05, 4.69) is 20.6 Å². The quantitative estimate of drug-likeness (QED) is 0.232. The molecule has 0 aliphatic carbocycles. The van der Waals surface area contributed by atoms with Crippen molar-refractivity contribution in [3.8, 4) is 0 Å². The van der Waals surface area contributed by atoms with E-state index in [9.17, 15) is 24.3 Å². The van der Waals surface area contributed by atoms with E-state index in [4.69, 9.17) is 15.1 Å². The highest BCUT2D eigenvalue weighted by atomic mass is 32.2. The SMILES string of the molecule is CO/N=C(\C(=O)N[C@@H]1C(=O)N2C(C(=O)O)=C(/C=C\c3cc(C(=O)N(C)C)no3)CS[C@H]12)c1csc(N)n1. The molecule has 2 aliphatic rings. The molecule has 4 N–H and O–H groups in total. The Hall–Kier alpha value is -4.18. The van der Waals surface area contributed by atoms with Crippen LogP contribution < -0.4 is 11.1 Å². The number of carboxylic acid groups (broad SMARTS) is 1. The molecule has 0 saturated carbocycles. The van der Waals surface area contributed by atoms with Gasteiger partial charge in [-0.15, -0.1) is 23.1 Å². The van der Waals surface area contributed by atoms with Crippen LogP contribution in [0.5, 0.6) is 0 Å². The molecule has 4 rings (SSSR count). The normalized spacial score (nSPS) is 19.5. The van der Waals surface area contributed by atoms with Crippen LogP contribution >= 0.6 is 23.1 Å². The first-order chi connectivity index (χ1) is 17.6. The van der Waals surface area contributed by atoms with Crippen LogP contribution in [0.25, 0.3) is 6.08 Å². The maximum Gasteiger partial charge on any atom is 0.352 e. The van der Waals surface area contributed by atoms with Gasteiger partial charge >= 0.3 is 5.97 Å². The Kier molecular flexibility index (Phi) is 7.30. The lowest BCUT2D eigenvalue weighted by Crippen LogP contribution is -2.71. The minimum atomic E-state index is -1.30. The number of fused-ring (bicyclic) bond motifs is 1. The summed E-state index contributed by atoms with van der Waals surface area (Å²) in [5, 5.41) is 20.9. The number of nitrogens with zero attached hydrogens (tertiary/aromatic N) is 5. The zero-order chi connectivity index (χ0) is 26.9. The van der Waals surface area contributed by atoms with Gasteiger partial charge in [0.05, 0.1) is 0 Å². The van der Waals surface area contributed by atoms with Gasteiger partial charge in [0.2, 0.25) is 0 Å². The molecule has 0 unspecified atom stereocenters. The number of oxime groups is 1. The molecular formula is C21H21N7O7S2. The number of thioether (sulfide) groups is 1. The fourth-order valence-corrected chi connectivity index (χ4v) is 5.42. The van der Waals surface area contributed by atoms with Crippen LogP contribution in [-0.2, 0) is 19.2 Å². The van der Waals surface area contributed by atoms with Crippen molar-refractivity contribution in [3.05, 3.63) is 45.9 Å². The number of nitrogens with two attached hydrogens (primary N) is 1. The Balaban J connectivity index is 1.51. The third kappa shape index (κ3) is 5.05. The van der Waals surface area contributed by atoms with Crippen molar-refractivity contribution in [1.82, 2.24) is 25.3 Å². The van der Waals surface area contributed by atoms with E-state index in [0.29, 0.717) is 5.57 Å². The molecule has 14 nitrogen and oxygen atoms in total. The first-order valence-electron chi connectivity index (χ1n) is 10.5. The van der Waals surface area contributed by atoms with E-state index in [-0.39, 0.29) is 45.3 Å². The van der Waals surface area contributed by atoms with E-state index in [1.165, 1.54) is 47.4 Å². The molecular weight excluding hydrogens is 526 g/mol. The second-order valence-corrected chi connectivity index (χ2v) is 9.88. The molecule has 37 heavy (non-hydrogen) atoms. The molecule has 1 saturated heterocycles. The van der Waals surface area contributed by atoms with Crippen molar-refractivity contribution in [2.45, 2.75) is 11.4 Å². The number of hydrogen-bond acceptors (Lipinski definition) is 12. The van der Waals surface area contributed by atoms with Crippen molar-refractivity contribution in [2.75, 3.05) is 32.7 Å². The number of aromatic nitrogens is 2. The fourth-order valence-electron chi connectivity index (χ4n) is 3.55. The number of carbonyl (C=O) groups is 4. The molecule has 2 aromatic rings. The fraction of sp³-hybridized carbons (Fsp3) is 0.286. The zero-order valence-corrected chi connectivity index (χ0v) is 21.3. The van der Waals surface area contributed by atoms with Crippen LogP contribution in [0.4, 0.5) is 5.13 Å². The molecule has 1 fully saturated rings. The van der Waals surface area contributed by atoms with Crippen molar-refractivity contribution in [3.63, 3.8) is 0 Å². The Morgan fingerprint density at radius 2 is 2.11 bits per heavy atom. The average Bonchev–Trinajstić information content (AvgIpc) is 3.52. The van der Waals surface area contributed by atoms with Crippen LogP contribution in [0.1, 0.15) is 21.9 Å². The Morgan fingerprint density at radius 3 is 2.73 bits per heavy atom. The van der Waals surface area contributed by atoms with E-state index in [0.717, 1.165) is 16.2 Å². The zero-order valence-electron chi connectivity index (χ0n) is 19.7. The first-order valence-corrected chi connectivity index (χ1v) is 12.5. The molecule has 194 valence electrons. The molecule has 0 radical (unpaired) electrons. The van der Waals surface area contributed by atoms with E-state index in [1.54, 1.807) is 14.1 Å². The van der Waals surface area contributed by atoms with Gasteiger partial charge in [0.25, 0.3) is 17.7 Å². The lowest BCUT2D eigenvalue weighted by molar-refractivity contribution is -0.150. The lowest BCUT2D eigenvalue weighted by Gasteiger charge is -2.49. The number of aliphatic carboxylic acids is 1. The number of carboxylic acids is 1. The molecule has 0 aromatic carbocycles. The van der Waals surface area contributed by atoms with Gasteiger partial charge in [-0.2, -0.15) is 0 Å². The summed E-state index contributed by atoms with van der Waals surface area (Å²) in [6, 6.07) is 0.443. The summed E-state index contributed by atoms with van der Waals surface area (Å²) in [5.74, 6) is -2.49. The Bertz CT molecular complexity index is 1360. The van der Waals surface area contributed by atoms with Crippen molar-refractivity contribution in [2.24, 2.45) is 5.16 Å². The molecule has 2 aromatic heterocycles. The molecule has 0 bridgehead atoms. The largest absolute Gasteiger partial charge is 0.477 e. The van der Waals surface area contributed by atoms with Crippen LogP contribution in [-0.4, -0.2) is 92.8 Å². The topological polar surface area (TPSA) is 194 Å².